The van der Waals surface area contributed by atoms with E-state index >= 15 is 0 Å². The van der Waals surface area contributed by atoms with Gasteiger partial charge in [0, 0.05) is 10.8 Å². The summed E-state index contributed by atoms with van der Waals surface area (Å²) < 4.78 is 9.42. The highest BCUT2D eigenvalue weighted by Gasteiger charge is 2.37. The van der Waals surface area contributed by atoms with Gasteiger partial charge in [0.25, 0.3) is 0 Å². The van der Waals surface area contributed by atoms with Gasteiger partial charge >= 0.3 is 11.9 Å². The summed E-state index contributed by atoms with van der Waals surface area (Å²) in [6.07, 6.45) is 0. The molecule has 0 heterocycles. The molecule has 1 atom stereocenters. The van der Waals surface area contributed by atoms with Crippen molar-refractivity contribution in [3.05, 3.63) is 10.1 Å². The van der Waals surface area contributed by atoms with Crippen LogP contribution in [0.2, 0.25) is 0 Å². The van der Waals surface area contributed by atoms with Crippen molar-refractivity contribution in [3.63, 3.8) is 0 Å². The highest BCUT2D eigenvalue weighted by Crippen LogP contribution is 2.16. The van der Waals surface area contributed by atoms with Crippen LogP contribution in [-0.4, -0.2) is 36.6 Å². The predicted octanol–water partition coefficient (Wildman–Crippen LogP) is 0.642. The molecular formula is C10H17NO6. The third-order valence-electron chi connectivity index (χ3n) is 2.09. The van der Waals surface area contributed by atoms with Gasteiger partial charge in [-0.15, -0.1) is 0 Å². The summed E-state index contributed by atoms with van der Waals surface area (Å²) in [4.78, 5) is 32.9. The van der Waals surface area contributed by atoms with Crippen LogP contribution in [-0.2, 0) is 19.1 Å². The zero-order valence-corrected chi connectivity index (χ0v) is 10.2. The minimum Gasteiger partial charge on any atom is -0.465 e. The molecule has 7 nitrogen and oxygen atoms in total. The van der Waals surface area contributed by atoms with Crippen molar-refractivity contribution in [3.8, 4) is 0 Å². The van der Waals surface area contributed by atoms with Crippen molar-refractivity contribution in [1.29, 1.82) is 0 Å². The van der Waals surface area contributed by atoms with Crippen molar-refractivity contribution in [2.75, 3.05) is 19.8 Å². The first-order valence-corrected chi connectivity index (χ1v) is 5.39. The Labute approximate surface area is 99.2 Å². The van der Waals surface area contributed by atoms with E-state index in [9.17, 15) is 19.7 Å². The van der Waals surface area contributed by atoms with Gasteiger partial charge in [0.05, 0.1) is 13.2 Å². The van der Waals surface area contributed by atoms with E-state index in [-0.39, 0.29) is 13.2 Å². The molecule has 0 fully saturated rings. The summed E-state index contributed by atoms with van der Waals surface area (Å²) in [5, 5.41) is 10.4. The lowest BCUT2D eigenvalue weighted by atomic mass is 9.94. The second-order valence-electron chi connectivity index (χ2n) is 3.47. The Bertz CT molecular complexity index is 273. The minimum absolute atomic E-state index is 0.111. The highest BCUT2D eigenvalue weighted by molar-refractivity contribution is 5.95. The van der Waals surface area contributed by atoms with Crippen molar-refractivity contribution >= 4 is 11.9 Å². The van der Waals surface area contributed by atoms with E-state index in [1.165, 1.54) is 6.92 Å². The van der Waals surface area contributed by atoms with Crippen LogP contribution >= 0.6 is 0 Å². The zero-order chi connectivity index (χ0) is 13.4. The van der Waals surface area contributed by atoms with Gasteiger partial charge in [-0.25, -0.2) is 0 Å². The Hall–Kier alpha value is -1.66. The lowest BCUT2D eigenvalue weighted by Crippen LogP contribution is -2.36. The first kappa shape index (κ1) is 15.3. The normalized spacial score (nSPS) is 12.0. The summed E-state index contributed by atoms with van der Waals surface area (Å²) in [5.74, 6) is -3.55. The van der Waals surface area contributed by atoms with Crippen LogP contribution in [0.1, 0.15) is 20.8 Å². The van der Waals surface area contributed by atoms with Crippen LogP contribution < -0.4 is 0 Å². The standard InChI is InChI=1S/C10H17NO6/c1-4-16-9(12)8(10(13)17-5-2)7(3)6-11(14)15/h7-8H,4-6H2,1-3H3. The molecular weight excluding hydrogens is 230 g/mol. The largest absolute Gasteiger partial charge is 0.465 e. The molecule has 98 valence electrons. The molecule has 7 heteroatoms. The first-order valence-electron chi connectivity index (χ1n) is 5.39. The Morgan fingerprint density at radius 2 is 1.59 bits per heavy atom. The van der Waals surface area contributed by atoms with Gasteiger partial charge in [-0.1, -0.05) is 6.92 Å². The number of nitro groups is 1. The van der Waals surface area contributed by atoms with Crippen molar-refractivity contribution in [2.24, 2.45) is 11.8 Å². The maximum absolute atomic E-state index is 11.5. The molecule has 0 saturated heterocycles. The third kappa shape index (κ3) is 5.28. The molecule has 0 aliphatic carbocycles. The second kappa shape index (κ2) is 7.59. The van der Waals surface area contributed by atoms with Crippen molar-refractivity contribution in [1.82, 2.24) is 0 Å². The van der Waals surface area contributed by atoms with Gasteiger partial charge in [0.15, 0.2) is 5.92 Å². The lowest BCUT2D eigenvalue weighted by Gasteiger charge is -2.17. The fourth-order valence-electron chi connectivity index (χ4n) is 1.37. The van der Waals surface area contributed by atoms with E-state index in [1.54, 1.807) is 13.8 Å². The van der Waals surface area contributed by atoms with Gasteiger partial charge < -0.3 is 9.47 Å². The molecule has 1 unspecified atom stereocenters. The van der Waals surface area contributed by atoms with Crippen LogP contribution in [0, 0.1) is 22.0 Å². The fourth-order valence-corrected chi connectivity index (χ4v) is 1.37. The van der Waals surface area contributed by atoms with Gasteiger partial charge in [-0.05, 0) is 13.8 Å². The molecule has 0 aliphatic heterocycles. The molecule has 0 aromatic rings. The maximum Gasteiger partial charge on any atom is 0.320 e. The number of carbonyl (C=O) groups excluding carboxylic acids is 2. The molecule has 0 aliphatic rings. The van der Waals surface area contributed by atoms with E-state index in [1.807, 2.05) is 0 Å². The van der Waals surface area contributed by atoms with Gasteiger partial charge in [0.1, 0.15) is 0 Å². The molecule has 0 N–H and O–H groups in total. The number of esters is 2. The number of hydrogen-bond donors (Lipinski definition) is 0. The van der Waals surface area contributed by atoms with Gasteiger partial charge in [-0.2, -0.15) is 0 Å². The minimum atomic E-state index is -1.24. The molecule has 0 rings (SSSR count). The summed E-state index contributed by atoms with van der Waals surface area (Å²) in [6, 6.07) is 0. The first-order chi connectivity index (χ1) is 7.93. The molecule has 0 aromatic heterocycles. The van der Waals surface area contributed by atoms with Gasteiger partial charge in [-0.3, -0.25) is 19.7 Å². The monoisotopic (exact) mass is 247 g/mol. The summed E-state index contributed by atoms with van der Waals surface area (Å²) >= 11 is 0. The molecule has 0 spiro atoms. The van der Waals surface area contributed by atoms with E-state index in [2.05, 4.69) is 0 Å². The number of ether oxygens (including phenoxy) is 2. The van der Waals surface area contributed by atoms with Crippen LogP contribution in [0.4, 0.5) is 0 Å². The van der Waals surface area contributed by atoms with Gasteiger partial charge in [0.2, 0.25) is 6.54 Å². The van der Waals surface area contributed by atoms with Crippen LogP contribution in [0.25, 0.3) is 0 Å². The average Bonchev–Trinajstić information content (AvgIpc) is 2.17. The van der Waals surface area contributed by atoms with E-state index in [0.29, 0.717) is 0 Å². The Balaban J connectivity index is 4.76. The Kier molecular flexibility index (Phi) is 6.85. The topological polar surface area (TPSA) is 95.7 Å². The van der Waals surface area contributed by atoms with E-state index in [4.69, 9.17) is 9.47 Å². The van der Waals surface area contributed by atoms with Crippen molar-refractivity contribution < 1.29 is 24.0 Å². The zero-order valence-electron chi connectivity index (χ0n) is 10.2. The quantitative estimate of drug-likeness (QED) is 0.283. The number of carbonyl (C=O) groups is 2. The third-order valence-corrected chi connectivity index (χ3v) is 2.09. The Morgan fingerprint density at radius 3 is 1.88 bits per heavy atom. The molecule has 0 bridgehead atoms. The van der Waals surface area contributed by atoms with E-state index < -0.39 is 35.2 Å². The average molecular weight is 247 g/mol. The summed E-state index contributed by atoms with van der Waals surface area (Å²) in [5.41, 5.74) is 0. The number of rotatable bonds is 7. The summed E-state index contributed by atoms with van der Waals surface area (Å²) in [7, 11) is 0. The molecule has 0 aromatic carbocycles. The maximum atomic E-state index is 11.5. The molecule has 0 saturated carbocycles. The molecule has 17 heavy (non-hydrogen) atoms. The summed E-state index contributed by atoms with van der Waals surface area (Å²) in [6.45, 7) is 4.38. The van der Waals surface area contributed by atoms with Crippen LogP contribution in [0.5, 0.6) is 0 Å². The number of hydrogen-bond acceptors (Lipinski definition) is 6. The SMILES string of the molecule is CCOC(=O)C(C(=O)OCC)C(C)C[N+](=O)[O-]. The van der Waals surface area contributed by atoms with Crippen LogP contribution in [0.15, 0.2) is 0 Å². The number of nitrogens with zero attached hydrogens (tertiary/aromatic N) is 1. The molecule has 0 radical (unpaired) electrons. The fraction of sp³-hybridized carbons (Fsp3) is 0.800. The second-order valence-corrected chi connectivity index (χ2v) is 3.47. The predicted molar refractivity (Wildman–Crippen MR) is 57.8 cm³/mol. The van der Waals surface area contributed by atoms with Crippen LogP contribution in [0.3, 0.4) is 0 Å². The highest BCUT2D eigenvalue weighted by atomic mass is 16.6. The Morgan fingerprint density at radius 1 is 1.18 bits per heavy atom. The van der Waals surface area contributed by atoms with Crippen molar-refractivity contribution in [2.45, 2.75) is 20.8 Å². The molecule has 0 amide bonds. The smallest absolute Gasteiger partial charge is 0.320 e. The lowest BCUT2D eigenvalue weighted by molar-refractivity contribution is -0.488. The van der Waals surface area contributed by atoms with E-state index in [0.717, 1.165) is 0 Å².